The number of rotatable bonds is 4. The first-order valence-electron chi connectivity index (χ1n) is 8.61. The Bertz CT molecular complexity index is 1160. The molecule has 0 unspecified atom stereocenters. The minimum absolute atomic E-state index is 0.0116. The Balaban J connectivity index is 1.47. The highest BCUT2D eigenvalue weighted by Gasteiger charge is 2.38. The Kier molecular flexibility index (Phi) is 4.23. The van der Waals surface area contributed by atoms with Crippen LogP contribution in [0.3, 0.4) is 0 Å². The fourth-order valence-corrected chi connectivity index (χ4v) is 3.11. The Morgan fingerprint density at radius 2 is 1.68 bits per heavy atom. The maximum atomic E-state index is 12.5. The number of aromatic nitrogens is 2. The largest absolute Gasteiger partial charge is 0.335 e. The van der Waals surface area contributed by atoms with E-state index in [9.17, 15) is 19.2 Å². The second-order valence-electron chi connectivity index (χ2n) is 6.38. The van der Waals surface area contributed by atoms with Crippen LogP contribution in [0.2, 0.25) is 0 Å². The van der Waals surface area contributed by atoms with Crippen LogP contribution >= 0.6 is 0 Å². The fourth-order valence-electron chi connectivity index (χ4n) is 3.11. The van der Waals surface area contributed by atoms with Crippen molar-refractivity contribution in [3.05, 3.63) is 75.8 Å². The van der Waals surface area contributed by atoms with Crippen molar-refractivity contribution in [2.75, 3.05) is 0 Å². The number of amides is 2. The predicted molar refractivity (Wildman–Crippen MR) is 98.4 cm³/mol. The molecule has 2 heterocycles. The lowest BCUT2D eigenvalue weighted by Gasteiger charge is -2.13. The van der Waals surface area contributed by atoms with Crippen molar-refractivity contribution >= 4 is 28.7 Å². The van der Waals surface area contributed by atoms with Crippen molar-refractivity contribution in [3.63, 3.8) is 0 Å². The number of benzene rings is 2. The van der Waals surface area contributed by atoms with E-state index in [0.717, 1.165) is 5.56 Å². The first-order chi connectivity index (χ1) is 13.5. The number of nitrogens with zero attached hydrogens (tertiary/aromatic N) is 3. The molecule has 2 amide bonds. The number of imide groups is 1. The van der Waals surface area contributed by atoms with Crippen LogP contribution in [0.4, 0.5) is 0 Å². The zero-order chi connectivity index (χ0) is 19.8. The van der Waals surface area contributed by atoms with Gasteiger partial charge in [-0.3, -0.25) is 19.0 Å². The number of carbonyl (C=O) groups excluding carboxylic acids is 3. The van der Waals surface area contributed by atoms with E-state index < -0.39 is 17.8 Å². The molecule has 0 atom stereocenters. The second kappa shape index (κ2) is 6.73. The van der Waals surface area contributed by atoms with E-state index >= 15 is 0 Å². The highest BCUT2D eigenvalue weighted by molar-refractivity contribution is 6.20. The maximum absolute atomic E-state index is 12.5. The molecular formula is C20H15N3O5. The summed E-state index contributed by atoms with van der Waals surface area (Å²) in [7, 11) is 0. The lowest BCUT2D eigenvalue weighted by Crippen LogP contribution is -2.33. The van der Waals surface area contributed by atoms with E-state index in [4.69, 9.17) is 4.84 Å². The highest BCUT2D eigenvalue weighted by Crippen LogP contribution is 2.22. The summed E-state index contributed by atoms with van der Waals surface area (Å²) in [4.78, 5) is 58.3. The van der Waals surface area contributed by atoms with Gasteiger partial charge in [-0.1, -0.05) is 29.3 Å². The maximum Gasteiger partial charge on any atom is 0.335 e. The van der Waals surface area contributed by atoms with Crippen LogP contribution in [-0.2, 0) is 16.2 Å². The Morgan fingerprint density at radius 3 is 2.36 bits per heavy atom. The molecule has 4 rings (SSSR count). The van der Waals surface area contributed by atoms with Gasteiger partial charge in [-0.05, 0) is 30.7 Å². The molecular weight excluding hydrogens is 362 g/mol. The Labute approximate surface area is 158 Å². The van der Waals surface area contributed by atoms with Crippen molar-refractivity contribution in [1.29, 1.82) is 0 Å². The van der Waals surface area contributed by atoms with Gasteiger partial charge in [0.2, 0.25) is 0 Å². The molecule has 1 aliphatic rings. The van der Waals surface area contributed by atoms with Gasteiger partial charge in [0.15, 0.2) is 0 Å². The van der Waals surface area contributed by atoms with Crippen LogP contribution in [0.5, 0.6) is 0 Å². The van der Waals surface area contributed by atoms with E-state index in [0.29, 0.717) is 16.0 Å². The van der Waals surface area contributed by atoms with Crippen LogP contribution in [-0.4, -0.2) is 32.4 Å². The summed E-state index contributed by atoms with van der Waals surface area (Å²) in [5.74, 6) is -2.17. The summed E-state index contributed by atoms with van der Waals surface area (Å²) in [6.07, 6.45) is 1.17. The molecule has 28 heavy (non-hydrogen) atoms. The number of fused-ring (bicyclic) bond motifs is 2. The molecule has 1 aromatic heterocycles. The summed E-state index contributed by atoms with van der Waals surface area (Å²) < 4.78 is 1.30. The van der Waals surface area contributed by atoms with Gasteiger partial charge in [-0.15, -0.1) is 0 Å². The fraction of sp³-hybridized carbons (Fsp3) is 0.150. The number of hydrogen-bond acceptors (Lipinski definition) is 6. The van der Waals surface area contributed by atoms with Gasteiger partial charge in [0.25, 0.3) is 17.4 Å². The standard InChI is InChI=1S/C20H15N3O5/c1-12-5-4-8-15-17(12)21-11-22(18(15)25)10-9-16(24)28-23-19(26)13-6-2-3-7-14(13)20(23)27/h2-8,11H,9-10H2,1H3. The van der Waals surface area contributed by atoms with Crippen LogP contribution < -0.4 is 5.56 Å². The van der Waals surface area contributed by atoms with Crippen molar-refractivity contribution in [2.24, 2.45) is 0 Å². The van der Waals surface area contributed by atoms with Gasteiger partial charge in [-0.25, -0.2) is 9.78 Å². The van der Waals surface area contributed by atoms with Gasteiger partial charge in [0.05, 0.1) is 34.8 Å². The van der Waals surface area contributed by atoms with Gasteiger partial charge < -0.3 is 4.84 Å². The van der Waals surface area contributed by atoms with Gasteiger partial charge in [0.1, 0.15) is 0 Å². The number of hydrogen-bond donors (Lipinski definition) is 0. The molecule has 2 aromatic carbocycles. The topological polar surface area (TPSA) is 98.6 Å². The third-order valence-corrected chi connectivity index (χ3v) is 4.56. The quantitative estimate of drug-likeness (QED) is 0.644. The molecule has 1 aliphatic heterocycles. The van der Waals surface area contributed by atoms with Crippen LogP contribution in [0, 0.1) is 6.92 Å². The first kappa shape index (κ1) is 17.6. The third-order valence-electron chi connectivity index (χ3n) is 4.56. The van der Waals surface area contributed by atoms with E-state index in [1.165, 1.54) is 23.0 Å². The lowest BCUT2D eigenvalue weighted by atomic mass is 10.1. The molecule has 8 heteroatoms. The zero-order valence-corrected chi connectivity index (χ0v) is 14.9. The summed E-state index contributed by atoms with van der Waals surface area (Å²) in [5, 5.41) is 0.911. The number of aryl methyl sites for hydroxylation is 2. The second-order valence-corrected chi connectivity index (χ2v) is 6.38. The van der Waals surface area contributed by atoms with E-state index in [1.54, 1.807) is 24.3 Å². The smallest absolute Gasteiger partial charge is 0.330 e. The van der Waals surface area contributed by atoms with Crippen molar-refractivity contribution in [1.82, 2.24) is 14.6 Å². The van der Waals surface area contributed by atoms with Gasteiger partial charge in [-0.2, -0.15) is 0 Å². The van der Waals surface area contributed by atoms with Crippen molar-refractivity contribution < 1.29 is 19.2 Å². The summed E-state index contributed by atoms with van der Waals surface area (Å²) in [6, 6.07) is 11.5. The van der Waals surface area contributed by atoms with Crippen LogP contribution in [0.1, 0.15) is 32.7 Å². The SMILES string of the molecule is Cc1cccc2c(=O)n(CCC(=O)ON3C(=O)c4ccccc4C3=O)cnc12. The molecule has 0 aliphatic carbocycles. The van der Waals surface area contributed by atoms with Crippen molar-refractivity contribution in [2.45, 2.75) is 19.9 Å². The van der Waals surface area contributed by atoms with Gasteiger partial charge >= 0.3 is 5.97 Å². The zero-order valence-electron chi connectivity index (χ0n) is 14.9. The van der Waals surface area contributed by atoms with E-state index in [-0.39, 0.29) is 29.7 Å². The molecule has 8 nitrogen and oxygen atoms in total. The molecule has 0 saturated heterocycles. The average molecular weight is 377 g/mol. The molecule has 140 valence electrons. The van der Waals surface area contributed by atoms with Gasteiger partial charge in [0, 0.05) is 6.54 Å². The highest BCUT2D eigenvalue weighted by atomic mass is 16.7. The first-order valence-corrected chi connectivity index (χ1v) is 8.61. The Hall–Kier alpha value is -3.81. The summed E-state index contributed by atoms with van der Waals surface area (Å²) in [5.41, 5.74) is 1.59. The predicted octanol–water partition coefficient (Wildman–Crippen LogP) is 1.85. The minimum atomic E-state index is -0.800. The molecule has 0 bridgehead atoms. The monoisotopic (exact) mass is 377 g/mol. The number of hydroxylamine groups is 2. The molecule has 0 spiro atoms. The summed E-state index contributed by atoms with van der Waals surface area (Å²) >= 11 is 0. The van der Waals surface area contributed by atoms with Crippen LogP contribution in [0.15, 0.2) is 53.6 Å². The molecule has 0 radical (unpaired) electrons. The number of carbonyl (C=O) groups is 3. The van der Waals surface area contributed by atoms with Crippen molar-refractivity contribution in [3.8, 4) is 0 Å². The summed E-state index contributed by atoms with van der Waals surface area (Å²) in [6.45, 7) is 1.87. The molecule has 0 N–H and O–H groups in total. The third kappa shape index (κ3) is 2.84. The van der Waals surface area contributed by atoms with E-state index in [1.807, 2.05) is 13.0 Å². The minimum Gasteiger partial charge on any atom is -0.330 e. The normalized spacial score (nSPS) is 13.1. The van der Waals surface area contributed by atoms with Crippen LogP contribution in [0.25, 0.3) is 10.9 Å². The van der Waals surface area contributed by atoms with E-state index in [2.05, 4.69) is 4.98 Å². The Morgan fingerprint density at radius 1 is 1.00 bits per heavy atom. The molecule has 0 saturated carbocycles. The molecule has 3 aromatic rings. The molecule has 0 fully saturated rings. The lowest BCUT2D eigenvalue weighted by molar-refractivity contribution is -0.168. The average Bonchev–Trinajstić information content (AvgIpc) is 2.93. The number of para-hydroxylation sites is 1.